The van der Waals surface area contributed by atoms with Crippen LogP contribution in [-0.4, -0.2) is 22.5 Å². The van der Waals surface area contributed by atoms with Crippen molar-refractivity contribution in [3.05, 3.63) is 74.8 Å². The number of carbonyl (C=O) groups is 3. The van der Waals surface area contributed by atoms with Gasteiger partial charge in [-0.15, -0.1) is 0 Å². The third-order valence-electron chi connectivity index (χ3n) is 3.67. The van der Waals surface area contributed by atoms with Gasteiger partial charge in [-0.05, 0) is 50.2 Å². The lowest BCUT2D eigenvalue weighted by atomic mass is 10.1. The quantitative estimate of drug-likeness (QED) is 0.328. The van der Waals surface area contributed by atoms with Crippen molar-refractivity contribution in [2.24, 2.45) is 0 Å². The first kappa shape index (κ1) is 20.8. The van der Waals surface area contributed by atoms with Crippen LogP contribution in [0.5, 0.6) is 0 Å². The standard InChI is InChI=1S/C19H16ClN3O5/c1-11(19(26)21-15-6-3-13(4-7-15)12(2)24)9-18(25)22-16-8-5-14(20)10-17(16)23(27)28/h3-10H,1-2H3,(H,21,26)(H,22,25)/b11-9-. The Labute approximate surface area is 165 Å². The van der Waals surface area contributed by atoms with E-state index in [-0.39, 0.29) is 27.8 Å². The molecule has 0 saturated carbocycles. The van der Waals surface area contributed by atoms with E-state index in [4.69, 9.17) is 11.6 Å². The number of nitro benzene ring substituents is 1. The zero-order chi connectivity index (χ0) is 20.8. The van der Waals surface area contributed by atoms with Crippen LogP contribution in [0.3, 0.4) is 0 Å². The first-order valence-corrected chi connectivity index (χ1v) is 8.40. The van der Waals surface area contributed by atoms with Crippen LogP contribution in [0, 0.1) is 10.1 Å². The second-order valence-corrected chi connectivity index (χ2v) is 6.26. The van der Waals surface area contributed by atoms with Gasteiger partial charge >= 0.3 is 0 Å². The Hall–Kier alpha value is -3.52. The molecule has 0 aromatic heterocycles. The number of benzene rings is 2. The summed E-state index contributed by atoms with van der Waals surface area (Å²) in [6.45, 7) is 2.86. The number of hydrogen-bond acceptors (Lipinski definition) is 5. The summed E-state index contributed by atoms with van der Waals surface area (Å²) in [6.07, 6.45) is 1.03. The zero-order valence-corrected chi connectivity index (χ0v) is 15.7. The summed E-state index contributed by atoms with van der Waals surface area (Å²) in [6, 6.07) is 10.1. The van der Waals surface area contributed by atoms with Crippen LogP contribution in [0.15, 0.2) is 54.1 Å². The van der Waals surface area contributed by atoms with E-state index in [0.29, 0.717) is 11.3 Å². The van der Waals surface area contributed by atoms with Gasteiger partial charge in [0.15, 0.2) is 5.78 Å². The van der Waals surface area contributed by atoms with Crippen molar-refractivity contribution in [3.8, 4) is 0 Å². The third-order valence-corrected chi connectivity index (χ3v) is 3.90. The molecule has 2 aromatic carbocycles. The lowest BCUT2D eigenvalue weighted by Crippen LogP contribution is -2.16. The molecule has 0 aliphatic carbocycles. The summed E-state index contributed by atoms with van der Waals surface area (Å²) in [7, 11) is 0. The summed E-state index contributed by atoms with van der Waals surface area (Å²) >= 11 is 5.73. The van der Waals surface area contributed by atoms with Crippen LogP contribution in [-0.2, 0) is 9.59 Å². The highest BCUT2D eigenvalue weighted by molar-refractivity contribution is 6.31. The molecule has 0 fully saturated rings. The molecule has 0 saturated heterocycles. The highest BCUT2D eigenvalue weighted by atomic mass is 35.5. The maximum Gasteiger partial charge on any atom is 0.294 e. The maximum atomic E-state index is 12.2. The Balaban J connectivity index is 2.08. The molecule has 0 aliphatic rings. The van der Waals surface area contributed by atoms with Crippen LogP contribution in [0.2, 0.25) is 5.02 Å². The molecular formula is C19H16ClN3O5. The summed E-state index contributed by atoms with van der Waals surface area (Å²) in [5, 5.41) is 16.2. The molecule has 0 heterocycles. The van der Waals surface area contributed by atoms with Crippen LogP contribution in [0.1, 0.15) is 24.2 Å². The van der Waals surface area contributed by atoms with E-state index >= 15 is 0 Å². The zero-order valence-electron chi connectivity index (χ0n) is 15.0. The van der Waals surface area contributed by atoms with E-state index < -0.39 is 16.7 Å². The lowest BCUT2D eigenvalue weighted by Gasteiger charge is -2.07. The molecule has 0 unspecified atom stereocenters. The van der Waals surface area contributed by atoms with Gasteiger partial charge in [0.2, 0.25) is 5.91 Å². The van der Waals surface area contributed by atoms with Crippen molar-refractivity contribution in [1.29, 1.82) is 0 Å². The first-order valence-electron chi connectivity index (χ1n) is 8.03. The number of halogens is 1. The topological polar surface area (TPSA) is 118 Å². The number of nitrogens with one attached hydrogen (secondary N) is 2. The first-order chi connectivity index (χ1) is 13.2. The maximum absolute atomic E-state index is 12.2. The Kier molecular flexibility index (Phi) is 6.62. The number of amides is 2. The minimum Gasteiger partial charge on any atom is -0.322 e. The van der Waals surface area contributed by atoms with Gasteiger partial charge in [0, 0.05) is 34.0 Å². The Bertz CT molecular complexity index is 984. The molecule has 2 rings (SSSR count). The van der Waals surface area contributed by atoms with Gasteiger partial charge in [-0.25, -0.2) is 0 Å². The number of hydrogen-bond donors (Lipinski definition) is 2. The minimum atomic E-state index is -0.704. The molecule has 8 nitrogen and oxygen atoms in total. The van der Waals surface area contributed by atoms with E-state index in [1.54, 1.807) is 24.3 Å². The second-order valence-electron chi connectivity index (χ2n) is 5.82. The predicted octanol–water partition coefficient (Wildman–Crippen LogP) is 3.97. The van der Waals surface area contributed by atoms with Gasteiger partial charge in [0.05, 0.1) is 4.92 Å². The van der Waals surface area contributed by atoms with Gasteiger partial charge in [-0.1, -0.05) is 11.6 Å². The molecule has 0 atom stereocenters. The number of carbonyl (C=O) groups excluding carboxylic acids is 3. The molecule has 0 radical (unpaired) electrons. The fourth-order valence-electron chi connectivity index (χ4n) is 2.21. The third kappa shape index (κ3) is 5.49. The summed E-state index contributed by atoms with van der Waals surface area (Å²) in [5.41, 5.74) is 0.654. The highest BCUT2D eigenvalue weighted by Gasteiger charge is 2.16. The Morgan fingerprint density at radius 2 is 1.68 bits per heavy atom. The molecule has 28 heavy (non-hydrogen) atoms. The Morgan fingerprint density at radius 3 is 2.25 bits per heavy atom. The molecule has 2 amide bonds. The highest BCUT2D eigenvalue weighted by Crippen LogP contribution is 2.27. The van der Waals surface area contributed by atoms with Crippen molar-refractivity contribution in [1.82, 2.24) is 0 Å². The molecule has 9 heteroatoms. The second kappa shape index (κ2) is 8.92. The van der Waals surface area contributed by atoms with Crippen LogP contribution in [0.4, 0.5) is 17.1 Å². The minimum absolute atomic E-state index is 0.0383. The predicted molar refractivity (Wildman–Crippen MR) is 106 cm³/mol. The smallest absolute Gasteiger partial charge is 0.294 e. The number of ketones is 1. The molecule has 0 bridgehead atoms. The van der Waals surface area contributed by atoms with E-state index in [9.17, 15) is 24.5 Å². The number of rotatable bonds is 6. The van der Waals surface area contributed by atoms with Crippen LogP contribution < -0.4 is 10.6 Å². The molecule has 0 aliphatic heterocycles. The van der Waals surface area contributed by atoms with Gasteiger partial charge in [0.25, 0.3) is 11.6 Å². The summed E-state index contributed by atoms with van der Waals surface area (Å²) in [5.74, 6) is -1.33. The van der Waals surface area contributed by atoms with Crippen molar-refractivity contribution >= 4 is 46.3 Å². The van der Waals surface area contributed by atoms with Crippen molar-refractivity contribution < 1.29 is 19.3 Å². The van der Waals surface area contributed by atoms with Crippen molar-refractivity contribution in [2.45, 2.75) is 13.8 Å². The average Bonchev–Trinajstić information content (AvgIpc) is 2.63. The van der Waals surface area contributed by atoms with E-state index in [1.165, 1.54) is 26.0 Å². The molecule has 2 N–H and O–H groups in total. The average molecular weight is 402 g/mol. The monoisotopic (exact) mass is 401 g/mol. The Morgan fingerprint density at radius 1 is 1.04 bits per heavy atom. The fourth-order valence-corrected chi connectivity index (χ4v) is 2.38. The van der Waals surface area contributed by atoms with E-state index in [1.807, 2.05) is 0 Å². The molecule has 144 valence electrons. The van der Waals surface area contributed by atoms with Crippen LogP contribution in [0.25, 0.3) is 0 Å². The van der Waals surface area contributed by atoms with Crippen LogP contribution >= 0.6 is 11.6 Å². The summed E-state index contributed by atoms with van der Waals surface area (Å²) in [4.78, 5) is 45.9. The van der Waals surface area contributed by atoms with Gasteiger partial charge in [-0.3, -0.25) is 24.5 Å². The number of nitrogens with zero attached hydrogens (tertiary/aromatic N) is 1. The van der Waals surface area contributed by atoms with Crippen molar-refractivity contribution in [3.63, 3.8) is 0 Å². The van der Waals surface area contributed by atoms with Gasteiger partial charge < -0.3 is 10.6 Å². The lowest BCUT2D eigenvalue weighted by molar-refractivity contribution is -0.383. The fraction of sp³-hybridized carbons (Fsp3) is 0.105. The van der Waals surface area contributed by atoms with Crippen molar-refractivity contribution in [2.75, 3.05) is 10.6 Å². The number of nitro groups is 1. The summed E-state index contributed by atoms with van der Waals surface area (Å²) < 4.78 is 0. The van der Waals surface area contributed by atoms with E-state index in [0.717, 1.165) is 12.1 Å². The number of anilines is 2. The van der Waals surface area contributed by atoms with Gasteiger partial charge in [-0.2, -0.15) is 0 Å². The largest absolute Gasteiger partial charge is 0.322 e. The molecule has 2 aromatic rings. The van der Waals surface area contributed by atoms with E-state index in [2.05, 4.69) is 10.6 Å². The van der Waals surface area contributed by atoms with Gasteiger partial charge in [0.1, 0.15) is 5.69 Å². The SMILES string of the molecule is CC(=O)c1ccc(NC(=O)/C(C)=C\C(=O)Nc2ccc(Cl)cc2[N+](=O)[O-])cc1. The molecule has 0 spiro atoms. The normalized spacial score (nSPS) is 10.9. The number of Topliss-reactive ketones (excluding diaryl/α,β-unsaturated/α-hetero) is 1. The molecular weight excluding hydrogens is 386 g/mol.